The van der Waals surface area contributed by atoms with Gasteiger partial charge in [0.1, 0.15) is 0 Å². The third kappa shape index (κ3) is 4.46. The summed E-state index contributed by atoms with van der Waals surface area (Å²) in [6.07, 6.45) is 1.05. The van der Waals surface area contributed by atoms with Crippen molar-refractivity contribution < 1.29 is 4.79 Å². The maximum Gasteiger partial charge on any atom is 0.321 e. The molecular formula is C19H21Cl2N3O. The fraction of sp³-hybridized carbons (Fsp3) is 0.316. The van der Waals surface area contributed by atoms with Crippen molar-refractivity contribution in [3.8, 4) is 0 Å². The summed E-state index contributed by atoms with van der Waals surface area (Å²) < 4.78 is 0. The van der Waals surface area contributed by atoms with Gasteiger partial charge in [-0.1, -0.05) is 41.4 Å². The molecule has 0 atom stereocenters. The topological polar surface area (TPSA) is 35.6 Å². The number of halogens is 2. The molecule has 4 nitrogen and oxygen atoms in total. The number of likely N-dealkylation sites (N-methyl/N-ethyl adjacent to an activating group) is 1. The number of rotatable bonds is 1. The predicted octanol–water partition coefficient (Wildman–Crippen LogP) is 4.20. The molecule has 2 aliphatic rings. The first kappa shape index (κ1) is 18.1. The Morgan fingerprint density at radius 3 is 2.52 bits per heavy atom. The Morgan fingerprint density at radius 2 is 1.84 bits per heavy atom. The van der Waals surface area contributed by atoms with E-state index < -0.39 is 0 Å². The van der Waals surface area contributed by atoms with Gasteiger partial charge in [0.15, 0.2) is 0 Å². The molecule has 2 aliphatic heterocycles. The number of amides is 2. The number of carbonyl (C=O) groups is 1. The average molecular weight is 378 g/mol. The molecule has 0 aliphatic carbocycles. The molecule has 2 aromatic rings. The number of benzene rings is 2. The minimum Gasteiger partial charge on any atom is -0.336 e. The molecule has 0 spiro atoms. The van der Waals surface area contributed by atoms with Crippen LogP contribution in [-0.2, 0) is 13.0 Å². The van der Waals surface area contributed by atoms with Crippen LogP contribution in [0.4, 0.5) is 10.5 Å². The Hall–Kier alpha value is -1.75. The summed E-state index contributed by atoms with van der Waals surface area (Å²) in [7, 11) is 2.11. The summed E-state index contributed by atoms with van der Waals surface area (Å²) in [5, 5.41) is 4.30. The zero-order valence-corrected chi connectivity index (χ0v) is 15.6. The van der Waals surface area contributed by atoms with E-state index in [9.17, 15) is 4.79 Å². The number of para-hydroxylation sites is 1. The van der Waals surface area contributed by atoms with Gasteiger partial charge in [-0.15, -0.1) is 0 Å². The van der Waals surface area contributed by atoms with E-state index >= 15 is 0 Å². The summed E-state index contributed by atoms with van der Waals surface area (Å²) in [5.41, 5.74) is 3.50. The van der Waals surface area contributed by atoms with Crippen LogP contribution in [0.3, 0.4) is 0 Å². The fourth-order valence-corrected chi connectivity index (χ4v) is 3.64. The molecule has 2 amide bonds. The van der Waals surface area contributed by atoms with E-state index in [-0.39, 0.29) is 6.03 Å². The summed E-state index contributed by atoms with van der Waals surface area (Å²) in [5.74, 6) is 0. The van der Waals surface area contributed by atoms with Crippen LogP contribution in [0.5, 0.6) is 0 Å². The molecule has 1 N–H and O–H groups in total. The van der Waals surface area contributed by atoms with Crippen LogP contribution >= 0.6 is 23.2 Å². The second kappa shape index (κ2) is 8.09. The van der Waals surface area contributed by atoms with E-state index in [0.717, 1.165) is 48.3 Å². The highest BCUT2D eigenvalue weighted by Gasteiger charge is 2.20. The number of nitrogens with zero attached hydrogens (tertiary/aromatic N) is 2. The van der Waals surface area contributed by atoms with Crippen LogP contribution in [0.1, 0.15) is 11.1 Å². The van der Waals surface area contributed by atoms with E-state index in [4.69, 9.17) is 23.2 Å². The van der Waals surface area contributed by atoms with Gasteiger partial charge in [-0.25, -0.2) is 4.79 Å². The third-order valence-electron chi connectivity index (χ3n) is 4.37. The van der Waals surface area contributed by atoms with Crippen molar-refractivity contribution in [2.45, 2.75) is 13.0 Å². The van der Waals surface area contributed by atoms with Crippen molar-refractivity contribution in [3.63, 3.8) is 0 Å². The average Bonchev–Trinajstić information content (AvgIpc) is 3.03. The maximum absolute atomic E-state index is 11.2. The Kier molecular flexibility index (Phi) is 5.84. The molecule has 2 aromatic carbocycles. The van der Waals surface area contributed by atoms with Gasteiger partial charge in [-0.05, 0) is 48.9 Å². The van der Waals surface area contributed by atoms with Gasteiger partial charge < -0.3 is 10.2 Å². The lowest BCUT2D eigenvalue weighted by atomic mass is 10.0. The number of urea groups is 1. The van der Waals surface area contributed by atoms with E-state index in [2.05, 4.69) is 17.3 Å². The Labute approximate surface area is 158 Å². The molecule has 0 bridgehead atoms. The number of hydrogen-bond acceptors (Lipinski definition) is 2. The van der Waals surface area contributed by atoms with E-state index in [0.29, 0.717) is 0 Å². The summed E-state index contributed by atoms with van der Waals surface area (Å²) in [6.45, 7) is 3.53. The molecule has 6 heteroatoms. The molecule has 25 heavy (non-hydrogen) atoms. The maximum atomic E-state index is 11.2. The van der Waals surface area contributed by atoms with E-state index in [1.807, 2.05) is 42.5 Å². The minimum atomic E-state index is 0.00111. The quantitative estimate of drug-likeness (QED) is 0.808. The fourth-order valence-electron chi connectivity index (χ4n) is 3.04. The SMILES string of the molecule is CN1CCc2cc(Cl)cc(Cl)c2C1.O=C1NCCN1c1ccccc1. The van der Waals surface area contributed by atoms with Crippen molar-refractivity contribution in [2.24, 2.45) is 0 Å². The first-order valence-electron chi connectivity index (χ1n) is 8.30. The zero-order valence-electron chi connectivity index (χ0n) is 14.1. The lowest BCUT2D eigenvalue weighted by molar-refractivity contribution is 0.252. The van der Waals surface area contributed by atoms with Gasteiger partial charge in [0.25, 0.3) is 0 Å². The second-order valence-corrected chi connectivity index (χ2v) is 7.08. The first-order chi connectivity index (χ1) is 12.0. The number of fused-ring (bicyclic) bond motifs is 1. The monoisotopic (exact) mass is 377 g/mol. The van der Waals surface area contributed by atoms with Crippen molar-refractivity contribution in [3.05, 3.63) is 63.6 Å². The molecule has 0 saturated carbocycles. The molecule has 0 radical (unpaired) electrons. The Balaban J connectivity index is 0.000000146. The standard InChI is InChI=1S/C10H11Cl2N.C9H10N2O/c1-13-3-2-7-4-8(11)5-10(12)9(7)6-13;12-9-10-6-7-11(9)8-4-2-1-3-5-8/h4-5H,2-3,6H2,1H3;1-5H,6-7H2,(H,10,12). The highest BCUT2D eigenvalue weighted by Crippen LogP contribution is 2.29. The van der Waals surface area contributed by atoms with Gasteiger partial charge >= 0.3 is 6.03 Å². The number of anilines is 1. The summed E-state index contributed by atoms with van der Waals surface area (Å²) >= 11 is 12.0. The highest BCUT2D eigenvalue weighted by molar-refractivity contribution is 6.35. The van der Waals surface area contributed by atoms with Crippen LogP contribution in [0.15, 0.2) is 42.5 Å². The molecule has 0 aromatic heterocycles. The second-order valence-electron chi connectivity index (χ2n) is 6.23. The van der Waals surface area contributed by atoms with Crippen LogP contribution in [0, 0.1) is 0 Å². The van der Waals surface area contributed by atoms with Gasteiger partial charge in [-0.2, -0.15) is 0 Å². The first-order valence-corrected chi connectivity index (χ1v) is 9.06. The normalized spacial score (nSPS) is 16.8. The van der Waals surface area contributed by atoms with Crippen LogP contribution < -0.4 is 10.2 Å². The van der Waals surface area contributed by atoms with Gasteiger partial charge in [0, 0.05) is 41.9 Å². The molecule has 1 fully saturated rings. The van der Waals surface area contributed by atoms with Crippen LogP contribution in [-0.4, -0.2) is 37.6 Å². The molecule has 1 saturated heterocycles. The Bertz CT molecular complexity index is 752. The zero-order chi connectivity index (χ0) is 17.8. The van der Waals surface area contributed by atoms with Crippen LogP contribution in [0.25, 0.3) is 0 Å². The van der Waals surface area contributed by atoms with Crippen molar-refractivity contribution in [1.82, 2.24) is 10.2 Å². The predicted molar refractivity (Wildman–Crippen MR) is 104 cm³/mol. The van der Waals surface area contributed by atoms with Crippen molar-refractivity contribution in [2.75, 3.05) is 31.6 Å². The third-order valence-corrected chi connectivity index (χ3v) is 4.92. The molecule has 4 rings (SSSR count). The van der Waals surface area contributed by atoms with Crippen LogP contribution in [0.2, 0.25) is 10.0 Å². The highest BCUT2D eigenvalue weighted by atomic mass is 35.5. The summed E-state index contributed by atoms with van der Waals surface area (Å²) in [6, 6.07) is 13.5. The number of nitrogens with one attached hydrogen (secondary N) is 1. The molecular weight excluding hydrogens is 357 g/mol. The summed E-state index contributed by atoms with van der Waals surface area (Å²) in [4.78, 5) is 15.2. The molecule has 2 heterocycles. The lowest BCUT2D eigenvalue weighted by Gasteiger charge is -2.25. The van der Waals surface area contributed by atoms with E-state index in [1.54, 1.807) is 4.90 Å². The van der Waals surface area contributed by atoms with Gasteiger partial charge in [0.2, 0.25) is 0 Å². The van der Waals surface area contributed by atoms with Gasteiger partial charge in [-0.3, -0.25) is 4.90 Å². The van der Waals surface area contributed by atoms with Gasteiger partial charge in [0.05, 0.1) is 0 Å². The van der Waals surface area contributed by atoms with Crippen molar-refractivity contribution >= 4 is 34.9 Å². The molecule has 0 unspecified atom stereocenters. The molecule has 132 valence electrons. The number of carbonyl (C=O) groups excluding carboxylic acids is 1. The number of hydrogen-bond donors (Lipinski definition) is 1. The van der Waals surface area contributed by atoms with Crippen molar-refractivity contribution in [1.29, 1.82) is 0 Å². The smallest absolute Gasteiger partial charge is 0.321 e. The Morgan fingerprint density at radius 1 is 1.08 bits per heavy atom. The largest absolute Gasteiger partial charge is 0.336 e. The van der Waals surface area contributed by atoms with E-state index in [1.165, 1.54) is 11.1 Å². The lowest BCUT2D eigenvalue weighted by Crippen LogP contribution is -2.27. The minimum absolute atomic E-state index is 0.00111.